The zero-order chi connectivity index (χ0) is 13.1. The van der Waals surface area contributed by atoms with Gasteiger partial charge in [-0.1, -0.05) is 6.92 Å². The molecule has 0 heterocycles. The molecule has 1 saturated carbocycles. The molecule has 5 nitrogen and oxygen atoms in total. The Kier molecular flexibility index (Phi) is 4.94. The number of hydrogen-bond donors (Lipinski definition) is 1. The maximum absolute atomic E-state index is 11.6. The lowest BCUT2D eigenvalue weighted by molar-refractivity contribution is -0.122. The van der Waals surface area contributed by atoms with Crippen LogP contribution in [0.1, 0.15) is 33.1 Å². The molecule has 0 aromatic rings. The molecule has 1 aliphatic rings. The highest BCUT2D eigenvalue weighted by Gasteiger charge is 2.29. The minimum atomic E-state index is -3.20. The van der Waals surface area contributed by atoms with Crippen LogP contribution in [0.3, 0.4) is 0 Å². The summed E-state index contributed by atoms with van der Waals surface area (Å²) in [6, 6.07) is -0.0252. The van der Waals surface area contributed by atoms with E-state index in [-0.39, 0.29) is 17.9 Å². The highest BCUT2D eigenvalue weighted by atomic mass is 32.2. The number of amides is 1. The van der Waals surface area contributed by atoms with Gasteiger partial charge in [-0.3, -0.25) is 4.79 Å². The van der Waals surface area contributed by atoms with E-state index in [1.165, 1.54) is 10.6 Å². The van der Waals surface area contributed by atoms with Gasteiger partial charge in [-0.2, -0.15) is 4.31 Å². The minimum absolute atomic E-state index is 0.0252. The molecule has 0 aromatic carbocycles. The number of hydrogen-bond acceptors (Lipinski definition) is 3. The third-order valence-corrected chi connectivity index (χ3v) is 4.48. The largest absolute Gasteiger partial charge is 0.355 e. The maximum Gasteiger partial charge on any atom is 0.223 e. The first-order valence-corrected chi connectivity index (χ1v) is 7.95. The van der Waals surface area contributed by atoms with Gasteiger partial charge in [0.05, 0.1) is 6.26 Å². The van der Waals surface area contributed by atoms with Crippen LogP contribution in [0.2, 0.25) is 0 Å². The van der Waals surface area contributed by atoms with Crippen molar-refractivity contribution >= 4 is 15.9 Å². The predicted octanol–water partition coefficient (Wildman–Crippen LogP) is 0.573. The van der Waals surface area contributed by atoms with E-state index < -0.39 is 10.0 Å². The number of carbonyl (C=O) groups is 1. The average Bonchev–Trinajstić information content (AvgIpc) is 3.04. The summed E-state index contributed by atoms with van der Waals surface area (Å²) in [5, 5.41) is 2.78. The lowest BCUT2D eigenvalue weighted by Gasteiger charge is -2.25. The average molecular weight is 262 g/mol. The molecule has 17 heavy (non-hydrogen) atoms. The van der Waals surface area contributed by atoms with E-state index in [1.807, 2.05) is 13.8 Å². The molecule has 1 aliphatic carbocycles. The van der Waals surface area contributed by atoms with Crippen molar-refractivity contribution in [2.24, 2.45) is 5.92 Å². The Labute approximate surface area is 104 Å². The first-order chi connectivity index (χ1) is 7.86. The van der Waals surface area contributed by atoms with E-state index >= 15 is 0 Å². The Morgan fingerprint density at radius 1 is 1.47 bits per heavy atom. The normalized spacial score (nSPS) is 18.1. The Bertz CT molecular complexity index is 363. The van der Waals surface area contributed by atoms with E-state index in [0.717, 1.165) is 19.3 Å². The number of nitrogens with one attached hydrogen (secondary N) is 1. The van der Waals surface area contributed by atoms with Gasteiger partial charge >= 0.3 is 0 Å². The molecule has 1 N–H and O–H groups in total. The summed E-state index contributed by atoms with van der Waals surface area (Å²) in [6.45, 7) is 4.58. The fraction of sp³-hybridized carbons (Fsp3) is 0.909. The van der Waals surface area contributed by atoms with Gasteiger partial charge in [0.1, 0.15) is 0 Å². The van der Waals surface area contributed by atoms with Gasteiger partial charge in [0, 0.05) is 25.0 Å². The molecule has 100 valence electrons. The van der Waals surface area contributed by atoms with Gasteiger partial charge in [-0.05, 0) is 26.2 Å². The molecule has 1 rings (SSSR count). The number of rotatable bonds is 7. The van der Waals surface area contributed by atoms with Crippen LogP contribution in [0, 0.1) is 5.92 Å². The standard InChI is InChI=1S/C11H22N2O3S/c1-4-9(2)13(17(3,15)16)8-7-12-11(14)10-5-6-10/h9-10H,4-8H2,1-3H3,(H,12,14). The van der Waals surface area contributed by atoms with E-state index in [9.17, 15) is 13.2 Å². The van der Waals surface area contributed by atoms with E-state index in [0.29, 0.717) is 13.1 Å². The van der Waals surface area contributed by atoms with Gasteiger partial charge in [0.25, 0.3) is 0 Å². The van der Waals surface area contributed by atoms with E-state index in [1.54, 1.807) is 0 Å². The van der Waals surface area contributed by atoms with Crippen molar-refractivity contribution in [2.75, 3.05) is 19.3 Å². The van der Waals surface area contributed by atoms with Crippen LogP contribution in [0.15, 0.2) is 0 Å². The molecule has 0 spiro atoms. The second-order valence-corrected chi connectivity index (χ2v) is 6.63. The van der Waals surface area contributed by atoms with E-state index in [2.05, 4.69) is 5.32 Å². The summed E-state index contributed by atoms with van der Waals surface area (Å²) in [7, 11) is -3.20. The van der Waals surface area contributed by atoms with Crippen LogP contribution in [-0.4, -0.2) is 44.0 Å². The van der Waals surface area contributed by atoms with Crippen LogP contribution < -0.4 is 5.32 Å². The van der Waals surface area contributed by atoms with Crippen LogP contribution in [0.4, 0.5) is 0 Å². The third kappa shape index (κ3) is 4.63. The number of sulfonamides is 1. The maximum atomic E-state index is 11.6. The summed E-state index contributed by atoms with van der Waals surface area (Å²) < 4.78 is 24.6. The second-order valence-electron chi connectivity index (χ2n) is 4.70. The molecule has 0 saturated heterocycles. The first-order valence-electron chi connectivity index (χ1n) is 6.10. The van der Waals surface area contributed by atoms with Gasteiger partial charge in [-0.25, -0.2) is 8.42 Å². The quantitative estimate of drug-likeness (QED) is 0.729. The van der Waals surface area contributed by atoms with Crippen molar-refractivity contribution in [3.63, 3.8) is 0 Å². The van der Waals surface area contributed by atoms with E-state index in [4.69, 9.17) is 0 Å². The van der Waals surface area contributed by atoms with Gasteiger partial charge < -0.3 is 5.32 Å². The molecule has 0 aliphatic heterocycles. The van der Waals surface area contributed by atoms with Crippen molar-refractivity contribution in [3.05, 3.63) is 0 Å². The molecule has 6 heteroatoms. The van der Waals surface area contributed by atoms with Gasteiger partial charge in [-0.15, -0.1) is 0 Å². The van der Waals surface area contributed by atoms with Crippen LogP contribution in [0.5, 0.6) is 0 Å². The van der Waals surface area contributed by atoms with Crippen molar-refractivity contribution < 1.29 is 13.2 Å². The molecule has 0 bridgehead atoms. The number of nitrogens with zero attached hydrogens (tertiary/aromatic N) is 1. The lowest BCUT2D eigenvalue weighted by Crippen LogP contribution is -2.43. The van der Waals surface area contributed by atoms with Gasteiger partial charge in [0.2, 0.25) is 15.9 Å². The van der Waals surface area contributed by atoms with Crippen LogP contribution in [0.25, 0.3) is 0 Å². The summed E-state index contributed by atoms with van der Waals surface area (Å²) in [4.78, 5) is 11.4. The predicted molar refractivity (Wildman–Crippen MR) is 67.0 cm³/mol. The summed E-state index contributed by atoms with van der Waals surface area (Å²) in [6.07, 6.45) is 3.91. The second kappa shape index (κ2) is 5.82. The first kappa shape index (κ1) is 14.4. The summed E-state index contributed by atoms with van der Waals surface area (Å²) >= 11 is 0. The highest BCUT2D eigenvalue weighted by Crippen LogP contribution is 2.28. The van der Waals surface area contributed by atoms with Crippen molar-refractivity contribution in [1.29, 1.82) is 0 Å². The lowest BCUT2D eigenvalue weighted by atomic mass is 10.2. The molecule has 1 amide bonds. The Morgan fingerprint density at radius 2 is 2.06 bits per heavy atom. The summed E-state index contributed by atoms with van der Waals surface area (Å²) in [5.41, 5.74) is 0. The Hall–Kier alpha value is -0.620. The molecule has 1 atom stereocenters. The van der Waals surface area contributed by atoms with Crippen LogP contribution in [-0.2, 0) is 14.8 Å². The van der Waals surface area contributed by atoms with Gasteiger partial charge in [0.15, 0.2) is 0 Å². The minimum Gasteiger partial charge on any atom is -0.355 e. The Morgan fingerprint density at radius 3 is 2.47 bits per heavy atom. The van der Waals surface area contributed by atoms with Crippen LogP contribution >= 0.6 is 0 Å². The Balaban J connectivity index is 2.41. The SMILES string of the molecule is CCC(C)N(CCNC(=O)C1CC1)S(C)(=O)=O. The smallest absolute Gasteiger partial charge is 0.223 e. The van der Waals surface area contributed by atoms with Crippen molar-refractivity contribution in [3.8, 4) is 0 Å². The highest BCUT2D eigenvalue weighted by molar-refractivity contribution is 7.88. The molecule has 1 unspecified atom stereocenters. The summed E-state index contributed by atoms with van der Waals surface area (Å²) in [5.74, 6) is 0.230. The molecular weight excluding hydrogens is 240 g/mol. The third-order valence-electron chi connectivity index (χ3n) is 3.09. The van der Waals surface area contributed by atoms with Crippen molar-refractivity contribution in [1.82, 2.24) is 9.62 Å². The fourth-order valence-electron chi connectivity index (χ4n) is 1.70. The molecular formula is C11H22N2O3S. The zero-order valence-corrected chi connectivity index (χ0v) is 11.6. The fourth-order valence-corrected chi connectivity index (χ4v) is 2.92. The zero-order valence-electron chi connectivity index (χ0n) is 10.8. The molecule has 0 radical (unpaired) electrons. The number of carbonyl (C=O) groups excluding carboxylic acids is 1. The van der Waals surface area contributed by atoms with Crippen molar-refractivity contribution in [2.45, 2.75) is 39.2 Å². The topological polar surface area (TPSA) is 66.5 Å². The molecule has 1 fully saturated rings. The molecule has 0 aromatic heterocycles. The monoisotopic (exact) mass is 262 g/mol.